The summed E-state index contributed by atoms with van der Waals surface area (Å²) in [5.74, 6) is -2.03. The average Bonchev–Trinajstić information content (AvgIpc) is 2.53. The highest BCUT2D eigenvalue weighted by Crippen LogP contribution is 2.10. The van der Waals surface area contributed by atoms with Crippen LogP contribution in [0.5, 0.6) is 0 Å². The molecule has 0 aromatic heterocycles. The van der Waals surface area contributed by atoms with Gasteiger partial charge in [0.2, 0.25) is 11.8 Å². The first-order chi connectivity index (χ1) is 11.0. The summed E-state index contributed by atoms with van der Waals surface area (Å²) in [6.07, 6.45) is 3.90. The Morgan fingerprint density at radius 2 is 1.87 bits per heavy atom. The number of imide groups is 2. The van der Waals surface area contributed by atoms with Crippen molar-refractivity contribution in [1.29, 1.82) is 0 Å². The van der Waals surface area contributed by atoms with E-state index in [1.807, 2.05) is 6.92 Å². The Balaban J connectivity index is 2.53. The summed E-state index contributed by atoms with van der Waals surface area (Å²) in [4.78, 5) is 42.6. The van der Waals surface area contributed by atoms with Crippen LogP contribution in [0.1, 0.15) is 40.0 Å². The molecular formula is C16H29N4O3+. The van der Waals surface area contributed by atoms with Gasteiger partial charge in [0, 0.05) is 25.7 Å². The molecule has 23 heavy (non-hydrogen) atoms. The minimum absolute atomic E-state index is 0.337. The number of hydrogen-bond acceptors (Lipinski definition) is 4. The van der Waals surface area contributed by atoms with Gasteiger partial charge in [0.15, 0.2) is 5.92 Å². The summed E-state index contributed by atoms with van der Waals surface area (Å²) in [6.45, 7) is 10.4. The van der Waals surface area contributed by atoms with Gasteiger partial charge in [0.05, 0.1) is 19.6 Å². The third-order valence-electron chi connectivity index (χ3n) is 4.10. The highest BCUT2D eigenvalue weighted by atomic mass is 16.2. The van der Waals surface area contributed by atoms with E-state index in [1.165, 1.54) is 11.1 Å². The zero-order valence-electron chi connectivity index (χ0n) is 14.4. The van der Waals surface area contributed by atoms with Crippen molar-refractivity contribution in [3.05, 3.63) is 0 Å². The van der Waals surface area contributed by atoms with Gasteiger partial charge in [-0.1, -0.05) is 13.3 Å². The number of hydrogen-bond donors (Lipinski definition) is 2. The molecule has 130 valence electrons. The van der Waals surface area contributed by atoms with E-state index in [0.717, 1.165) is 43.8 Å². The Hall–Kier alpha value is -1.76. The average molecular weight is 325 g/mol. The Bertz CT molecular complexity index is 447. The SMILES string of the molecule is CCCCN1C(=O)NC(=O)[C@@H](C=NCCC[NH+](CC)CC)C1=O. The molecule has 0 saturated carbocycles. The maximum Gasteiger partial charge on any atom is 0.330 e. The first kappa shape index (κ1) is 19.3. The smallest absolute Gasteiger partial charge is 0.330 e. The standard InChI is InChI=1S/C16H28N4O3/c1-4-7-11-20-15(22)13(14(21)18-16(20)23)12-17-9-8-10-19(5-2)6-3/h12-13H,4-11H2,1-3H3,(H,18,21,23)/p+1/t13-/m1/s1. The molecule has 1 aliphatic rings. The van der Waals surface area contributed by atoms with Crippen LogP contribution in [0.15, 0.2) is 4.99 Å². The number of urea groups is 1. The van der Waals surface area contributed by atoms with Crippen LogP contribution in [-0.4, -0.2) is 61.7 Å². The summed E-state index contributed by atoms with van der Waals surface area (Å²) in [5, 5.41) is 2.23. The topological polar surface area (TPSA) is 83.3 Å². The van der Waals surface area contributed by atoms with E-state index in [0.29, 0.717) is 13.1 Å². The lowest BCUT2D eigenvalue weighted by Gasteiger charge is -2.28. The van der Waals surface area contributed by atoms with E-state index in [1.54, 1.807) is 0 Å². The molecule has 1 saturated heterocycles. The zero-order valence-corrected chi connectivity index (χ0v) is 14.4. The molecule has 1 fully saturated rings. The Labute approximate surface area is 138 Å². The summed E-state index contributed by atoms with van der Waals surface area (Å²) in [7, 11) is 0. The highest BCUT2D eigenvalue weighted by molar-refractivity contribution is 6.23. The van der Waals surface area contributed by atoms with E-state index in [4.69, 9.17) is 0 Å². The number of carbonyl (C=O) groups excluding carboxylic acids is 3. The lowest BCUT2D eigenvalue weighted by molar-refractivity contribution is -0.896. The number of amides is 4. The quantitative estimate of drug-likeness (QED) is 0.333. The number of unbranched alkanes of at least 4 members (excludes halogenated alkanes) is 1. The fraction of sp³-hybridized carbons (Fsp3) is 0.750. The maximum atomic E-state index is 12.3. The molecule has 1 aliphatic heterocycles. The molecule has 1 atom stereocenters. The Morgan fingerprint density at radius 3 is 2.48 bits per heavy atom. The van der Waals surface area contributed by atoms with Crippen LogP contribution in [0.25, 0.3) is 0 Å². The van der Waals surface area contributed by atoms with Crippen molar-refractivity contribution in [2.75, 3.05) is 32.7 Å². The van der Waals surface area contributed by atoms with Crippen molar-refractivity contribution in [1.82, 2.24) is 10.2 Å². The van der Waals surface area contributed by atoms with Crippen molar-refractivity contribution in [3.8, 4) is 0 Å². The van der Waals surface area contributed by atoms with E-state index >= 15 is 0 Å². The van der Waals surface area contributed by atoms with Gasteiger partial charge in [-0.05, 0) is 20.3 Å². The van der Waals surface area contributed by atoms with E-state index < -0.39 is 23.8 Å². The second-order valence-corrected chi connectivity index (χ2v) is 5.73. The van der Waals surface area contributed by atoms with Gasteiger partial charge in [-0.2, -0.15) is 0 Å². The minimum atomic E-state index is -0.981. The number of carbonyl (C=O) groups is 3. The fourth-order valence-electron chi connectivity index (χ4n) is 2.49. The van der Waals surface area contributed by atoms with Crippen molar-refractivity contribution in [3.63, 3.8) is 0 Å². The molecule has 0 aromatic rings. The van der Waals surface area contributed by atoms with E-state index in [-0.39, 0.29) is 0 Å². The van der Waals surface area contributed by atoms with Crippen LogP contribution in [0.4, 0.5) is 4.79 Å². The van der Waals surface area contributed by atoms with Crippen LogP contribution in [0.3, 0.4) is 0 Å². The minimum Gasteiger partial charge on any atom is -0.335 e. The molecule has 2 N–H and O–H groups in total. The highest BCUT2D eigenvalue weighted by Gasteiger charge is 2.38. The van der Waals surface area contributed by atoms with Crippen molar-refractivity contribution in [2.24, 2.45) is 10.9 Å². The van der Waals surface area contributed by atoms with Crippen molar-refractivity contribution >= 4 is 24.1 Å². The fourth-order valence-corrected chi connectivity index (χ4v) is 2.49. The maximum absolute atomic E-state index is 12.3. The molecule has 0 spiro atoms. The summed E-state index contributed by atoms with van der Waals surface area (Å²) in [6, 6.07) is -0.622. The lowest BCUT2D eigenvalue weighted by atomic mass is 10.1. The molecule has 0 unspecified atom stereocenters. The van der Waals surface area contributed by atoms with Crippen LogP contribution < -0.4 is 10.2 Å². The first-order valence-electron chi connectivity index (χ1n) is 8.54. The number of quaternary nitrogens is 1. The number of nitrogens with zero attached hydrogens (tertiary/aromatic N) is 2. The first-order valence-corrected chi connectivity index (χ1v) is 8.54. The zero-order chi connectivity index (χ0) is 17.2. The monoisotopic (exact) mass is 325 g/mol. The van der Waals surface area contributed by atoms with Gasteiger partial charge < -0.3 is 4.90 Å². The second kappa shape index (κ2) is 10.1. The van der Waals surface area contributed by atoms with Crippen molar-refractivity contribution < 1.29 is 19.3 Å². The third kappa shape index (κ3) is 5.74. The molecule has 1 heterocycles. The molecule has 7 nitrogen and oxygen atoms in total. The summed E-state index contributed by atoms with van der Waals surface area (Å²) in [5.41, 5.74) is 0. The van der Waals surface area contributed by atoms with Gasteiger partial charge in [-0.15, -0.1) is 0 Å². The van der Waals surface area contributed by atoms with Gasteiger partial charge in [-0.25, -0.2) is 4.79 Å². The molecule has 0 radical (unpaired) electrons. The number of rotatable bonds is 10. The third-order valence-corrected chi connectivity index (χ3v) is 4.10. The predicted molar refractivity (Wildman–Crippen MR) is 88.5 cm³/mol. The van der Waals surface area contributed by atoms with E-state index in [9.17, 15) is 14.4 Å². The molecule has 0 bridgehead atoms. The summed E-state index contributed by atoms with van der Waals surface area (Å²) < 4.78 is 0. The van der Waals surface area contributed by atoms with Gasteiger partial charge >= 0.3 is 6.03 Å². The largest absolute Gasteiger partial charge is 0.335 e. The number of nitrogens with one attached hydrogen (secondary N) is 2. The molecule has 7 heteroatoms. The van der Waals surface area contributed by atoms with Crippen LogP contribution in [0.2, 0.25) is 0 Å². The predicted octanol–water partition coefficient (Wildman–Crippen LogP) is -0.133. The van der Waals surface area contributed by atoms with E-state index in [2.05, 4.69) is 24.2 Å². The lowest BCUT2D eigenvalue weighted by Crippen LogP contribution is -3.11. The Morgan fingerprint density at radius 1 is 1.17 bits per heavy atom. The second-order valence-electron chi connectivity index (χ2n) is 5.73. The van der Waals surface area contributed by atoms with Gasteiger partial charge in [0.25, 0.3) is 0 Å². The number of aliphatic imine (C=N–C) groups is 1. The van der Waals surface area contributed by atoms with Crippen LogP contribution in [0, 0.1) is 5.92 Å². The van der Waals surface area contributed by atoms with Gasteiger partial charge in [0.1, 0.15) is 0 Å². The van der Waals surface area contributed by atoms with Gasteiger partial charge in [-0.3, -0.25) is 24.8 Å². The molecular weight excluding hydrogens is 296 g/mol. The van der Waals surface area contributed by atoms with Crippen LogP contribution >= 0.6 is 0 Å². The Kier molecular flexibility index (Phi) is 8.47. The van der Waals surface area contributed by atoms with Crippen molar-refractivity contribution in [2.45, 2.75) is 40.0 Å². The summed E-state index contributed by atoms with van der Waals surface area (Å²) >= 11 is 0. The molecule has 4 amide bonds. The molecule has 1 rings (SSSR count). The van der Waals surface area contributed by atoms with Crippen LogP contribution in [-0.2, 0) is 9.59 Å². The molecule has 0 aromatic carbocycles. The molecule has 0 aliphatic carbocycles. The number of barbiturate groups is 1. The normalized spacial score (nSPS) is 19.0.